The van der Waals surface area contributed by atoms with E-state index in [9.17, 15) is 4.79 Å². The first kappa shape index (κ1) is 29.2. The molecule has 15 heteroatoms. The number of rotatable bonds is 6. The molecular formula is C30H31F2N9O3S. The number of pyridine rings is 2. The molecule has 234 valence electrons. The Balaban J connectivity index is 1.62. The van der Waals surface area contributed by atoms with E-state index in [1.165, 1.54) is 25.4 Å². The Morgan fingerprint density at radius 3 is 2.44 bits per heavy atom. The highest BCUT2D eigenvalue weighted by Gasteiger charge is 2.45. The number of hydrogen-bond donors (Lipinski definition) is 1. The second-order valence-electron chi connectivity index (χ2n) is 11.2. The highest BCUT2D eigenvalue weighted by Crippen LogP contribution is 2.64. The van der Waals surface area contributed by atoms with Gasteiger partial charge in [0.1, 0.15) is 21.3 Å². The van der Waals surface area contributed by atoms with Crippen LogP contribution in [-0.4, -0.2) is 70.8 Å². The van der Waals surface area contributed by atoms with E-state index in [2.05, 4.69) is 25.6 Å². The van der Waals surface area contributed by atoms with Gasteiger partial charge in [-0.3, -0.25) is 9.97 Å². The number of nitrogens with zero attached hydrogens (tertiary/aromatic N) is 9. The van der Waals surface area contributed by atoms with Crippen LogP contribution in [0.4, 0.5) is 8.78 Å². The lowest BCUT2D eigenvalue weighted by molar-refractivity contribution is -0.135. The number of thiol groups is 1. The van der Waals surface area contributed by atoms with Gasteiger partial charge in [-0.15, -0.1) is 21.1 Å². The molecule has 45 heavy (non-hydrogen) atoms. The molecule has 0 radical (unpaired) electrons. The van der Waals surface area contributed by atoms with Crippen LogP contribution in [0.1, 0.15) is 41.7 Å². The van der Waals surface area contributed by atoms with Crippen LogP contribution < -0.4 is 0 Å². The van der Waals surface area contributed by atoms with Crippen molar-refractivity contribution in [3.05, 3.63) is 64.1 Å². The van der Waals surface area contributed by atoms with Crippen molar-refractivity contribution in [3.63, 3.8) is 0 Å². The van der Waals surface area contributed by atoms with Gasteiger partial charge in [0.05, 0.1) is 52.0 Å². The van der Waals surface area contributed by atoms with E-state index in [0.717, 1.165) is 5.69 Å². The number of aromatic nitrogens is 9. The molecule has 0 aromatic carbocycles. The summed E-state index contributed by atoms with van der Waals surface area (Å²) in [6.07, 6.45) is 4.43. The summed E-state index contributed by atoms with van der Waals surface area (Å²) in [5.41, 5.74) is 4.07. The molecule has 0 amide bonds. The maximum absolute atomic E-state index is 17.2. The molecule has 5 aromatic rings. The fourth-order valence-corrected chi connectivity index (χ4v) is 9.36. The minimum atomic E-state index is -1.86. The van der Waals surface area contributed by atoms with Gasteiger partial charge in [-0.1, -0.05) is 10.4 Å². The van der Waals surface area contributed by atoms with Gasteiger partial charge in [-0.05, 0) is 50.8 Å². The molecule has 0 N–H and O–H groups in total. The van der Waals surface area contributed by atoms with Gasteiger partial charge < -0.3 is 14.0 Å². The molecular weight excluding hydrogens is 604 g/mol. The van der Waals surface area contributed by atoms with E-state index < -0.39 is 34.6 Å². The van der Waals surface area contributed by atoms with Gasteiger partial charge >= 0.3 is 5.97 Å². The zero-order valence-corrected chi connectivity index (χ0v) is 26.2. The molecule has 1 fully saturated rings. The van der Waals surface area contributed by atoms with Gasteiger partial charge in [0.2, 0.25) is 0 Å². The highest BCUT2D eigenvalue weighted by molar-refractivity contribution is 8.21. The normalized spacial score (nSPS) is 18.5. The quantitative estimate of drug-likeness (QED) is 0.214. The van der Waals surface area contributed by atoms with Gasteiger partial charge in [0.25, 0.3) is 0 Å². The van der Waals surface area contributed by atoms with E-state index in [0.29, 0.717) is 64.0 Å². The molecule has 0 saturated carbocycles. The SMILES string of the molecule is COC(=O)C1=C(F)c2c(c3ncc(-c4c(C)nnn4C)cc3n2C(c2ncccc2F)C2CCOCC2)[SH]1c1c(C)nnn1C. The number of halogens is 2. The minimum Gasteiger partial charge on any atom is -0.465 e. The number of carbonyl (C=O) groups is 1. The third-order valence-electron chi connectivity index (χ3n) is 8.56. The van der Waals surface area contributed by atoms with Crippen LogP contribution in [0.3, 0.4) is 0 Å². The molecule has 0 aliphatic carbocycles. The highest BCUT2D eigenvalue weighted by atomic mass is 32.2. The molecule has 7 rings (SSSR count). The zero-order valence-electron chi connectivity index (χ0n) is 25.3. The summed E-state index contributed by atoms with van der Waals surface area (Å²) in [5, 5.41) is 17.3. The van der Waals surface area contributed by atoms with E-state index in [4.69, 9.17) is 14.5 Å². The van der Waals surface area contributed by atoms with Crippen LogP contribution in [0.2, 0.25) is 0 Å². The van der Waals surface area contributed by atoms with E-state index in [1.54, 1.807) is 41.1 Å². The third-order valence-corrected chi connectivity index (χ3v) is 11.3. The number of hydrogen-bond acceptors (Lipinski definition) is 9. The lowest BCUT2D eigenvalue weighted by Gasteiger charge is -2.32. The molecule has 2 unspecified atom stereocenters. The Kier molecular flexibility index (Phi) is 7.23. The summed E-state index contributed by atoms with van der Waals surface area (Å²) in [6, 6.07) is 4.06. The Bertz CT molecular complexity index is 1970. The van der Waals surface area contributed by atoms with E-state index in [1.807, 2.05) is 13.0 Å². The molecule has 0 bridgehead atoms. The van der Waals surface area contributed by atoms with Crippen LogP contribution in [0.25, 0.3) is 28.1 Å². The number of ether oxygens (including phenoxy) is 2. The van der Waals surface area contributed by atoms with Crippen LogP contribution in [-0.2, 0) is 28.4 Å². The second-order valence-corrected chi connectivity index (χ2v) is 13.2. The molecule has 1 saturated heterocycles. The van der Waals surface area contributed by atoms with Crippen LogP contribution >= 0.6 is 10.9 Å². The second kappa shape index (κ2) is 11.1. The van der Waals surface area contributed by atoms with E-state index >= 15 is 8.78 Å². The van der Waals surface area contributed by atoms with Crippen molar-refractivity contribution in [2.24, 2.45) is 20.0 Å². The number of fused-ring (bicyclic) bond motifs is 3. The van der Waals surface area contributed by atoms with Crippen molar-refractivity contribution >= 4 is 33.7 Å². The fourth-order valence-electron chi connectivity index (χ4n) is 6.64. The average molecular weight is 636 g/mol. The van der Waals surface area contributed by atoms with Crippen molar-refractivity contribution in [1.82, 2.24) is 44.5 Å². The number of aryl methyl sites for hydroxylation is 4. The maximum atomic E-state index is 17.2. The molecule has 0 spiro atoms. The topological polar surface area (TPSA) is 128 Å². The summed E-state index contributed by atoms with van der Waals surface area (Å²) >= 11 is 0. The third kappa shape index (κ3) is 4.47. The summed E-state index contributed by atoms with van der Waals surface area (Å²) in [5.74, 6) is -2.21. The molecule has 5 aromatic heterocycles. The van der Waals surface area contributed by atoms with Crippen molar-refractivity contribution in [3.8, 4) is 11.3 Å². The Morgan fingerprint density at radius 2 is 1.80 bits per heavy atom. The lowest BCUT2D eigenvalue weighted by Crippen LogP contribution is -2.29. The first-order valence-electron chi connectivity index (χ1n) is 14.5. The molecule has 2 atom stereocenters. The van der Waals surface area contributed by atoms with Gasteiger partial charge in [0.15, 0.2) is 5.83 Å². The molecule has 12 nitrogen and oxygen atoms in total. The monoisotopic (exact) mass is 635 g/mol. The van der Waals surface area contributed by atoms with Crippen LogP contribution in [0.5, 0.6) is 0 Å². The van der Waals surface area contributed by atoms with E-state index in [-0.39, 0.29) is 22.2 Å². The summed E-state index contributed by atoms with van der Waals surface area (Å²) in [4.78, 5) is 23.2. The predicted molar refractivity (Wildman–Crippen MR) is 162 cm³/mol. The average Bonchev–Trinajstić information content (AvgIpc) is 3.75. The standard InChI is InChI=1S/C30H31F2N9O3S/c1-15-24(39(3)37-35-15)18-13-20-23(34-14-18)28-26(21(32)27(30(42)43-5)45(28)29-16(2)36-38-40(29)4)41(20)25(17-8-11-44-12-9-17)22-19(31)7-6-10-33-22/h6-7,10,13-14,17,25,45H,8-9,11-12H2,1-5H3. The Labute approximate surface area is 259 Å². The Morgan fingerprint density at radius 1 is 1.07 bits per heavy atom. The number of carbonyl (C=O) groups excluding carboxylic acids is 1. The number of esters is 1. The predicted octanol–water partition coefficient (Wildman–Crippen LogP) is 4.37. The van der Waals surface area contributed by atoms with Crippen molar-refractivity contribution in [2.75, 3.05) is 20.3 Å². The largest absolute Gasteiger partial charge is 0.465 e. The zero-order chi connectivity index (χ0) is 31.6. The summed E-state index contributed by atoms with van der Waals surface area (Å²) in [7, 11) is 2.86. The lowest BCUT2D eigenvalue weighted by atomic mass is 9.88. The molecule has 2 aliphatic heterocycles. The van der Waals surface area contributed by atoms with Crippen molar-refractivity contribution in [1.29, 1.82) is 0 Å². The maximum Gasteiger partial charge on any atom is 0.346 e. The van der Waals surface area contributed by atoms with Gasteiger partial charge in [-0.25, -0.2) is 22.9 Å². The van der Waals surface area contributed by atoms with Crippen LogP contribution in [0.15, 0.2) is 45.4 Å². The van der Waals surface area contributed by atoms with Crippen LogP contribution in [0, 0.1) is 25.6 Å². The van der Waals surface area contributed by atoms with Gasteiger partial charge in [0, 0.05) is 45.3 Å². The minimum absolute atomic E-state index is 0.119. The smallest absolute Gasteiger partial charge is 0.346 e. The van der Waals surface area contributed by atoms with Crippen molar-refractivity contribution in [2.45, 2.75) is 42.7 Å². The first-order chi connectivity index (χ1) is 21.7. The summed E-state index contributed by atoms with van der Waals surface area (Å²) in [6.45, 7) is 4.56. The van der Waals surface area contributed by atoms with Crippen molar-refractivity contribution < 1.29 is 23.0 Å². The molecule has 7 heterocycles. The first-order valence-corrected chi connectivity index (χ1v) is 15.8. The summed E-state index contributed by atoms with van der Waals surface area (Å²) < 4.78 is 48.8. The molecule has 2 aliphatic rings. The Hall–Kier alpha value is -4.50. The fraction of sp³-hybridized carbons (Fsp3) is 0.367. The number of methoxy groups -OCH3 is 1. The van der Waals surface area contributed by atoms with Gasteiger partial charge in [-0.2, -0.15) is 0 Å².